The average molecular weight is 320 g/mol. The van der Waals surface area contributed by atoms with Crippen LogP contribution in [0.5, 0.6) is 0 Å². The largest absolute Gasteiger partial charge is 0.464 e. The monoisotopic (exact) mass is 320 g/mol. The zero-order chi connectivity index (χ0) is 16.0. The molecule has 0 aliphatic carbocycles. The van der Waals surface area contributed by atoms with Crippen LogP contribution in [0.3, 0.4) is 0 Å². The summed E-state index contributed by atoms with van der Waals surface area (Å²) in [5.41, 5.74) is -0.280. The normalized spacial score (nSPS) is 13.5. The van der Waals surface area contributed by atoms with Gasteiger partial charge in [-0.3, -0.25) is 10.1 Å². The van der Waals surface area contributed by atoms with Crippen molar-refractivity contribution < 1.29 is 18.0 Å². The minimum absolute atomic E-state index is 0.0949. The van der Waals surface area contributed by atoms with Crippen molar-refractivity contribution in [3.63, 3.8) is 0 Å². The van der Waals surface area contributed by atoms with E-state index in [1.54, 1.807) is 19.1 Å². The molecular weight excluding hydrogens is 298 g/mol. The van der Waals surface area contributed by atoms with E-state index in [9.17, 15) is 13.6 Å². The Labute approximate surface area is 128 Å². The third-order valence-electron chi connectivity index (χ3n) is 2.54. The van der Waals surface area contributed by atoms with Gasteiger partial charge in [0, 0.05) is 5.54 Å². The molecule has 1 atom stereocenters. The fourth-order valence-corrected chi connectivity index (χ4v) is 2.01. The van der Waals surface area contributed by atoms with E-state index in [1.165, 1.54) is 0 Å². The molecule has 1 unspecified atom stereocenters. The lowest BCUT2D eigenvalue weighted by atomic mass is 10.1. The lowest BCUT2D eigenvalue weighted by Gasteiger charge is -2.23. The third-order valence-corrected chi connectivity index (χ3v) is 3.25. The summed E-state index contributed by atoms with van der Waals surface area (Å²) < 4.78 is 29.6. The van der Waals surface area contributed by atoms with Gasteiger partial charge in [0.2, 0.25) is 5.91 Å². The number of nitrogens with one attached hydrogen (secondary N) is 2. The zero-order valence-corrected chi connectivity index (χ0v) is 13.5. The number of furan rings is 1. The van der Waals surface area contributed by atoms with E-state index < -0.39 is 5.76 Å². The van der Waals surface area contributed by atoms with Crippen molar-refractivity contribution >= 4 is 17.7 Å². The van der Waals surface area contributed by atoms with Gasteiger partial charge in [0.15, 0.2) is 0 Å². The molecule has 4 nitrogen and oxygen atoms in total. The maximum atomic E-state index is 12.1. The van der Waals surface area contributed by atoms with Gasteiger partial charge in [0.25, 0.3) is 5.76 Å². The number of hydrogen-bond donors (Lipinski definition) is 2. The molecule has 7 heteroatoms. The molecule has 2 N–H and O–H groups in total. The summed E-state index contributed by atoms with van der Waals surface area (Å²) in [5, 5.41) is 5.91. The van der Waals surface area contributed by atoms with Crippen LogP contribution in [0.2, 0.25) is 0 Å². The Hall–Kier alpha value is -1.08. The third kappa shape index (κ3) is 7.47. The van der Waals surface area contributed by atoms with Crippen molar-refractivity contribution in [2.45, 2.75) is 57.3 Å². The maximum absolute atomic E-state index is 12.1. The maximum Gasteiger partial charge on any atom is 0.284 e. The lowest BCUT2D eigenvalue weighted by Crippen LogP contribution is -2.49. The second-order valence-corrected chi connectivity index (χ2v) is 6.76. The van der Waals surface area contributed by atoms with E-state index in [2.05, 4.69) is 10.6 Å². The van der Waals surface area contributed by atoms with Gasteiger partial charge in [-0.2, -0.15) is 8.78 Å². The van der Waals surface area contributed by atoms with E-state index in [4.69, 9.17) is 4.42 Å². The number of hydrogen-bond acceptors (Lipinski definition) is 4. The highest BCUT2D eigenvalue weighted by Crippen LogP contribution is 2.21. The van der Waals surface area contributed by atoms with Crippen molar-refractivity contribution in [3.05, 3.63) is 23.7 Å². The fraction of sp³-hybridized carbons (Fsp3) is 0.643. The number of carbonyl (C=O) groups is 1. The van der Waals surface area contributed by atoms with Gasteiger partial charge in [-0.15, -0.1) is 0 Å². The smallest absolute Gasteiger partial charge is 0.284 e. The standard InChI is InChI=1S/C14H22F2N2O2S/c1-9(12(19)18-14(2,3)4)17-7-10-5-6-11(20-10)8-21-13(15)16/h5-6,9,13,17H,7-8H2,1-4H3,(H,18,19). The molecular formula is C14H22F2N2O2S. The molecule has 0 aromatic carbocycles. The Morgan fingerprint density at radius 1 is 1.33 bits per heavy atom. The Kier molecular flexibility index (Phi) is 6.67. The fourth-order valence-electron chi connectivity index (χ4n) is 1.56. The summed E-state index contributed by atoms with van der Waals surface area (Å²) >= 11 is 0.522. The molecule has 1 rings (SSSR count). The molecule has 0 saturated heterocycles. The van der Waals surface area contributed by atoms with Crippen molar-refractivity contribution in [2.24, 2.45) is 0 Å². The second kappa shape index (κ2) is 7.79. The zero-order valence-electron chi connectivity index (χ0n) is 12.7. The topological polar surface area (TPSA) is 54.3 Å². The van der Waals surface area contributed by atoms with Crippen LogP contribution in [0, 0.1) is 0 Å². The molecule has 0 spiro atoms. The number of halogens is 2. The van der Waals surface area contributed by atoms with Crippen LogP contribution in [0.25, 0.3) is 0 Å². The molecule has 0 bridgehead atoms. The number of alkyl halides is 2. The van der Waals surface area contributed by atoms with Crippen molar-refractivity contribution in [1.29, 1.82) is 0 Å². The van der Waals surface area contributed by atoms with Gasteiger partial charge in [0.05, 0.1) is 18.3 Å². The summed E-state index contributed by atoms with van der Waals surface area (Å²) in [4.78, 5) is 11.9. The molecule has 1 heterocycles. The first-order chi connectivity index (χ1) is 9.67. The predicted octanol–water partition coefficient (Wildman–Crippen LogP) is 3.13. The summed E-state index contributed by atoms with van der Waals surface area (Å²) in [6.07, 6.45) is 0. The van der Waals surface area contributed by atoms with Crippen LogP contribution < -0.4 is 10.6 Å². The van der Waals surface area contributed by atoms with Crippen molar-refractivity contribution in [2.75, 3.05) is 0 Å². The summed E-state index contributed by atoms with van der Waals surface area (Å²) in [7, 11) is 0. The van der Waals surface area contributed by atoms with Crippen LogP contribution >= 0.6 is 11.8 Å². The number of carbonyl (C=O) groups excluding carboxylic acids is 1. The van der Waals surface area contributed by atoms with Gasteiger partial charge in [-0.05, 0) is 39.8 Å². The van der Waals surface area contributed by atoms with Crippen LogP contribution in [-0.4, -0.2) is 23.2 Å². The van der Waals surface area contributed by atoms with E-state index in [1.807, 2.05) is 20.8 Å². The van der Waals surface area contributed by atoms with E-state index >= 15 is 0 Å². The van der Waals surface area contributed by atoms with Gasteiger partial charge in [-0.25, -0.2) is 0 Å². The minimum Gasteiger partial charge on any atom is -0.464 e. The molecule has 0 saturated carbocycles. The molecule has 1 amide bonds. The summed E-state index contributed by atoms with van der Waals surface area (Å²) in [6.45, 7) is 7.88. The summed E-state index contributed by atoms with van der Waals surface area (Å²) in [5.74, 6) is -1.24. The van der Waals surface area contributed by atoms with E-state index in [0.717, 1.165) is 0 Å². The molecule has 0 fully saturated rings. The first-order valence-corrected chi connectivity index (χ1v) is 7.75. The Morgan fingerprint density at radius 2 is 1.95 bits per heavy atom. The molecule has 0 aliphatic rings. The van der Waals surface area contributed by atoms with E-state index in [-0.39, 0.29) is 23.2 Å². The van der Waals surface area contributed by atoms with Crippen LogP contribution in [0.4, 0.5) is 8.78 Å². The predicted molar refractivity (Wildman–Crippen MR) is 80.2 cm³/mol. The number of amides is 1. The number of thioether (sulfide) groups is 1. The lowest BCUT2D eigenvalue weighted by molar-refractivity contribution is -0.124. The quantitative estimate of drug-likeness (QED) is 0.810. The highest BCUT2D eigenvalue weighted by Gasteiger charge is 2.19. The molecule has 0 radical (unpaired) electrons. The second-order valence-electron chi connectivity index (χ2n) is 5.78. The molecule has 1 aromatic heterocycles. The minimum atomic E-state index is -2.40. The molecule has 120 valence electrons. The Morgan fingerprint density at radius 3 is 2.52 bits per heavy atom. The number of rotatable bonds is 7. The van der Waals surface area contributed by atoms with E-state index in [0.29, 0.717) is 29.8 Å². The van der Waals surface area contributed by atoms with Crippen LogP contribution in [-0.2, 0) is 17.1 Å². The van der Waals surface area contributed by atoms with Crippen molar-refractivity contribution in [3.8, 4) is 0 Å². The Bertz CT molecular complexity index is 458. The Balaban J connectivity index is 2.39. The van der Waals surface area contributed by atoms with Gasteiger partial charge in [0.1, 0.15) is 11.5 Å². The van der Waals surface area contributed by atoms with Gasteiger partial charge < -0.3 is 9.73 Å². The van der Waals surface area contributed by atoms with Crippen LogP contribution in [0.1, 0.15) is 39.2 Å². The highest BCUT2D eigenvalue weighted by molar-refractivity contribution is 7.98. The average Bonchev–Trinajstić information content (AvgIpc) is 2.79. The first kappa shape index (κ1) is 18.0. The molecule has 21 heavy (non-hydrogen) atoms. The van der Waals surface area contributed by atoms with Gasteiger partial charge in [-0.1, -0.05) is 11.8 Å². The molecule has 0 aliphatic heterocycles. The van der Waals surface area contributed by atoms with Crippen LogP contribution in [0.15, 0.2) is 16.5 Å². The molecule has 1 aromatic rings. The van der Waals surface area contributed by atoms with Crippen molar-refractivity contribution in [1.82, 2.24) is 10.6 Å². The first-order valence-electron chi connectivity index (χ1n) is 6.70. The highest BCUT2D eigenvalue weighted by atomic mass is 32.2. The van der Waals surface area contributed by atoms with Gasteiger partial charge >= 0.3 is 0 Å². The SMILES string of the molecule is CC(NCc1ccc(CSC(F)F)o1)C(=O)NC(C)(C)C. The summed E-state index contributed by atoms with van der Waals surface area (Å²) in [6, 6.07) is 3.03.